The number of hydrogen-bond acceptors (Lipinski definition) is 4. The van der Waals surface area contributed by atoms with Crippen molar-refractivity contribution in [2.24, 2.45) is 0 Å². The Morgan fingerprint density at radius 1 is 0.943 bits per heavy atom. The summed E-state index contributed by atoms with van der Waals surface area (Å²) in [6, 6.07) is 13.4. The van der Waals surface area contributed by atoms with Gasteiger partial charge in [-0.05, 0) is 59.3 Å². The van der Waals surface area contributed by atoms with Gasteiger partial charge in [0.05, 0.1) is 22.6 Å². The lowest BCUT2D eigenvalue weighted by atomic mass is 9.93. The zero-order chi connectivity index (χ0) is 24.5. The molecule has 3 aromatic rings. The summed E-state index contributed by atoms with van der Waals surface area (Å²) in [5.41, 5.74) is 2.49. The Morgan fingerprint density at radius 3 is 2.46 bits per heavy atom. The Labute approximate surface area is 217 Å². The first kappa shape index (κ1) is 24.3. The van der Waals surface area contributed by atoms with Crippen LogP contribution in [0.15, 0.2) is 53.9 Å². The molecule has 1 atom stereocenters. The predicted molar refractivity (Wildman–Crippen MR) is 137 cm³/mol. The fourth-order valence-electron chi connectivity index (χ4n) is 4.85. The molecule has 5 nitrogen and oxygen atoms in total. The first-order valence-electron chi connectivity index (χ1n) is 11.5. The number of carbonyl (C=O) groups is 2. The van der Waals surface area contributed by atoms with E-state index in [0.29, 0.717) is 41.8 Å². The van der Waals surface area contributed by atoms with Gasteiger partial charge in [0.25, 0.3) is 5.91 Å². The normalized spacial score (nSPS) is 18.4. The average Bonchev–Trinajstić information content (AvgIpc) is 3.34. The first-order chi connectivity index (χ1) is 16.9. The van der Waals surface area contributed by atoms with Gasteiger partial charge in [0.1, 0.15) is 5.82 Å². The first-order valence-corrected chi connectivity index (χ1v) is 13.1. The summed E-state index contributed by atoms with van der Waals surface area (Å²) >= 11 is 13.7. The van der Waals surface area contributed by atoms with Crippen LogP contribution in [0, 0.1) is 5.82 Å². The molecule has 2 aromatic carbocycles. The molecule has 5 rings (SSSR count). The Hall–Kier alpha value is -2.45. The van der Waals surface area contributed by atoms with Crippen LogP contribution in [0.3, 0.4) is 0 Å². The zero-order valence-electron chi connectivity index (χ0n) is 18.9. The standard InChI is InChI=1S/C26H24Cl2FN3O2S/c27-21-5-4-18(15-22(21)28)26(34)31-11-9-30(10-12-31)24(33)16-32-8-6-23-20(7-13-35-23)25(32)17-2-1-3-19(29)14-17/h1-5,7,13-15,25H,6,8-12,16H2/t25-/m1/s1. The second-order valence-corrected chi connectivity index (χ2v) is 10.6. The number of thiophene rings is 1. The van der Waals surface area contributed by atoms with Crippen molar-refractivity contribution in [3.8, 4) is 0 Å². The van der Waals surface area contributed by atoms with Crippen molar-refractivity contribution in [1.82, 2.24) is 14.7 Å². The largest absolute Gasteiger partial charge is 0.338 e. The molecule has 3 heterocycles. The van der Waals surface area contributed by atoms with E-state index in [2.05, 4.69) is 16.3 Å². The third-order valence-electron chi connectivity index (χ3n) is 6.65. The van der Waals surface area contributed by atoms with Crippen molar-refractivity contribution in [1.29, 1.82) is 0 Å². The van der Waals surface area contributed by atoms with Crippen molar-refractivity contribution in [2.45, 2.75) is 12.5 Å². The highest BCUT2D eigenvalue weighted by Crippen LogP contribution is 2.37. The zero-order valence-corrected chi connectivity index (χ0v) is 21.3. The summed E-state index contributed by atoms with van der Waals surface area (Å²) in [7, 11) is 0. The molecular weight excluding hydrogens is 508 g/mol. The fourth-order valence-corrected chi connectivity index (χ4v) is 6.05. The highest BCUT2D eigenvalue weighted by Gasteiger charge is 2.33. The Bertz CT molecular complexity index is 1260. The molecule has 0 radical (unpaired) electrons. The van der Waals surface area contributed by atoms with Gasteiger partial charge in [-0.2, -0.15) is 0 Å². The molecule has 0 unspecified atom stereocenters. The molecule has 0 bridgehead atoms. The van der Waals surface area contributed by atoms with E-state index >= 15 is 0 Å². The minimum absolute atomic E-state index is 0.0201. The lowest BCUT2D eigenvalue weighted by Gasteiger charge is -2.39. The summed E-state index contributed by atoms with van der Waals surface area (Å²) in [6.45, 7) is 2.81. The van der Waals surface area contributed by atoms with Gasteiger partial charge < -0.3 is 9.80 Å². The third-order valence-corrected chi connectivity index (χ3v) is 8.39. The van der Waals surface area contributed by atoms with Gasteiger partial charge >= 0.3 is 0 Å². The predicted octanol–water partition coefficient (Wildman–Crippen LogP) is 5.13. The fraction of sp³-hybridized carbons (Fsp3) is 0.308. The van der Waals surface area contributed by atoms with Crippen LogP contribution in [0.4, 0.5) is 4.39 Å². The Balaban J connectivity index is 1.25. The summed E-state index contributed by atoms with van der Waals surface area (Å²) in [6.07, 6.45) is 0.873. The number of piperazine rings is 1. The van der Waals surface area contributed by atoms with Crippen LogP contribution in [0.25, 0.3) is 0 Å². The minimum atomic E-state index is -0.279. The lowest BCUT2D eigenvalue weighted by Crippen LogP contribution is -2.53. The van der Waals surface area contributed by atoms with Crippen molar-refractivity contribution < 1.29 is 14.0 Å². The number of fused-ring (bicyclic) bond motifs is 1. The molecule has 2 amide bonds. The number of amides is 2. The molecule has 0 saturated carbocycles. The molecule has 2 aliphatic heterocycles. The van der Waals surface area contributed by atoms with Gasteiger partial charge in [-0.3, -0.25) is 14.5 Å². The van der Waals surface area contributed by atoms with E-state index in [1.54, 1.807) is 46.6 Å². The van der Waals surface area contributed by atoms with E-state index in [4.69, 9.17) is 23.2 Å². The lowest BCUT2D eigenvalue weighted by molar-refractivity contribution is -0.134. The maximum Gasteiger partial charge on any atom is 0.254 e. The smallest absolute Gasteiger partial charge is 0.254 e. The van der Waals surface area contributed by atoms with Crippen molar-refractivity contribution in [2.75, 3.05) is 39.3 Å². The summed E-state index contributed by atoms with van der Waals surface area (Å²) in [5.74, 6) is -0.381. The number of halogens is 3. The van der Waals surface area contributed by atoms with E-state index < -0.39 is 0 Å². The van der Waals surface area contributed by atoms with Gasteiger partial charge in [-0.25, -0.2) is 4.39 Å². The second kappa shape index (κ2) is 10.3. The molecule has 1 fully saturated rings. The van der Waals surface area contributed by atoms with Crippen LogP contribution in [0.2, 0.25) is 10.0 Å². The summed E-state index contributed by atoms with van der Waals surface area (Å²) in [5, 5.41) is 2.81. The highest BCUT2D eigenvalue weighted by atomic mass is 35.5. The van der Waals surface area contributed by atoms with E-state index in [9.17, 15) is 14.0 Å². The maximum atomic E-state index is 14.0. The molecule has 0 N–H and O–H groups in total. The number of benzene rings is 2. The van der Waals surface area contributed by atoms with Crippen molar-refractivity contribution in [3.05, 3.63) is 91.3 Å². The van der Waals surface area contributed by atoms with Gasteiger partial charge in [-0.15, -0.1) is 11.3 Å². The van der Waals surface area contributed by atoms with Crippen LogP contribution in [-0.4, -0.2) is 65.8 Å². The summed E-state index contributed by atoms with van der Waals surface area (Å²) < 4.78 is 14.0. The topological polar surface area (TPSA) is 43.9 Å². The van der Waals surface area contributed by atoms with Crippen LogP contribution < -0.4 is 0 Å². The van der Waals surface area contributed by atoms with Crippen molar-refractivity contribution in [3.63, 3.8) is 0 Å². The van der Waals surface area contributed by atoms with Crippen LogP contribution in [0.1, 0.15) is 32.4 Å². The van der Waals surface area contributed by atoms with Gasteiger partial charge in [0, 0.05) is 43.2 Å². The molecule has 1 aromatic heterocycles. The quantitative estimate of drug-likeness (QED) is 0.468. The Kier molecular flexibility index (Phi) is 7.12. The molecule has 0 aliphatic carbocycles. The number of carbonyl (C=O) groups excluding carboxylic acids is 2. The number of rotatable bonds is 4. The van der Waals surface area contributed by atoms with E-state index in [0.717, 1.165) is 24.1 Å². The van der Waals surface area contributed by atoms with Gasteiger partial charge in [0.15, 0.2) is 0 Å². The minimum Gasteiger partial charge on any atom is -0.338 e. The Morgan fingerprint density at radius 2 is 1.71 bits per heavy atom. The summed E-state index contributed by atoms with van der Waals surface area (Å²) in [4.78, 5) is 33.1. The molecule has 182 valence electrons. The van der Waals surface area contributed by atoms with Crippen LogP contribution in [0.5, 0.6) is 0 Å². The average molecular weight is 532 g/mol. The SMILES string of the molecule is O=C(CN1CCc2sccc2[C@H]1c1cccc(F)c1)N1CCN(C(=O)c2ccc(Cl)c(Cl)c2)CC1. The molecule has 2 aliphatic rings. The third kappa shape index (κ3) is 5.09. The van der Waals surface area contributed by atoms with Crippen LogP contribution >= 0.6 is 34.5 Å². The molecule has 35 heavy (non-hydrogen) atoms. The molecule has 1 saturated heterocycles. The van der Waals surface area contributed by atoms with Gasteiger partial charge in [-0.1, -0.05) is 35.3 Å². The monoisotopic (exact) mass is 531 g/mol. The highest BCUT2D eigenvalue weighted by molar-refractivity contribution is 7.10. The maximum absolute atomic E-state index is 14.0. The second-order valence-electron chi connectivity index (χ2n) is 8.78. The van der Waals surface area contributed by atoms with Gasteiger partial charge in [0.2, 0.25) is 5.91 Å². The van der Waals surface area contributed by atoms with E-state index in [-0.39, 0.29) is 30.2 Å². The number of hydrogen-bond donors (Lipinski definition) is 0. The molecule has 9 heteroatoms. The van der Waals surface area contributed by atoms with Crippen LogP contribution in [-0.2, 0) is 11.2 Å². The molecular formula is C26H24Cl2FN3O2S. The van der Waals surface area contributed by atoms with E-state index in [1.165, 1.54) is 10.9 Å². The van der Waals surface area contributed by atoms with Crippen molar-refractivity contribution >= 4 is 46.4 Å². The molecule has 0 spiro atoms. The van der Waals surface area contributed by atoms with E-state index in [1.807, 2.05) is 11.0 Å². The number of nitrogens with zero attached hydrogens (tertiary/aromatic N) is 3.